The number of rotatable bonds is 2. The summed E-state index contributed by atoms with van der Waals surface area (Å²) in [5, 5.41) is 2.17. The molecule has 1 atom stereocenters. The first-order valence-corrected chi connectivity index (χ1v) is 4.79. The lowest BCUT2D eigenvalue weighted by atomic mass is 10.1. The second-order valence-corrected chi connectivity index (χ2v) is 4.12. The number of hydrogen-bond donors (Lipinski definition) is 0. The predicted octanol–water partition coefficient (Wildman–Crippen LogP) is 3.26. The first-order valence-electron chi connectivity index (χ1n) is 3.91. The highest BCUT2D eigenvalue weighted by Gasteiger charge is 2.29. The molecule has 0 radical (unpaired) electrons. The first kappa shape index (κ1) is 6.41. The van der Waals surface area contributed by atoms with Crippen molar-refractivity contribution in [3.63, 3.8) is 0 Å². The van der Waals surface area contributed by atoms with E-state index in [1.54, 1.807) is 4.88 Å². The van der Waals surface area contributed by atoms with Gasteiger partial charge in [-0.1, -0.05) is 13.0 Å². The van der Waals surface area contributed by atoms with E-state index in [2.05, 4.69) is 24.4 Å². The van der Waals surface area contributed by atoms with Crippen LogP contribution in [0.1, 0.15) is 30.6 Å². The topological polar surface area (TPSA) is 0 Å². The van der Waals surface area contributed by atoms with Gasteiger partial charge in [-0.05, 0) is 36.1 Å². The molecule has 1 unspecified atom stereocenters. The molecule has 1 aliphatic carbocycles. The molecule has 0 aromatic carbocycles. The third-order valence-electron chi connectivity index (χ3n) is 2.32. The van der Waals surface area contributed by atoms with Crippen LogP contribution >= 0.6 is 11.3 Å². The molecule has 0 nitrogen and oxygen atoms in total. The van der Waals surface area contributed by atoms with E-state index in [0.717, 1.165) is 11.8 Å². The van der Waals surface area contributed by atoms with Crippen molar-refractivity contribution in [3.8, 4) is 0 Å². The quantitative estimate of drug-likeness (QED) is 0.610. The zero-order valence-electron chi connectivity index (χ0n) is 6.21. The third kappa shape index (κ3) is 1.10. The summed E-state index contributed by atoms with van der Waals surface area (Å²) in [6.07, 6.45) is 2.91. The second kappa shape index (κ2) is 2.39. The van der Waals surface area contributed by atoms with Gasteiger partial charge >= 0.3 is 0 Å². The largest absolute Gasteiger partial charge is 0.149 e. The fourth-order valence-electron chi connectivity index (χ4n) is 1.38. The number of hydrogen-bond acceptors (Lipinski definition) is 1. The Hall–Kier alpha value is -0.300. The Balaban J connectivity index is 2.11. The van der Waals surface area contributed by atoms with Gasteiger partial charge in [-0.2, -0.15) is 0 Å². The van der Waals surface area contributed by atoms with Crippen LogP contribution in [0.4, 0.5) is 0 Å². The Morgan fingerprint density at radius 3 is 2.90 bits per heavy atom. The van der Waals surface area contributed by atoms with Gasteiger partial charge in [0.1, 0.15) is 0 Å². The molecule has 0 bridgehead atoms. The van der Waals surface area contributed by atoms with E-state index in [1.807, 2.05) is 11.3 Å². The molecule has 1 fully saturated rings. The molecule has 0 aliphatic heterocycles. The fraction of sp³-hybridized carbons (Fsp3) is 0.556. The Kier molecular flexibility index (Phi) is 1.53. The van der Waals surface area contributed by atoms with Crippen molar-refractivity contribution in [1.29, 1.82) is 0 Å². The Labute approximate surface area is 65.9 Å². The third-order valence-corrected chi connectivity index (χ3v) is 3.39. The molecule has 1 heteroatoms. The Morgan fingerprint density at radius 1 is 1.60 bits per heavy atom. The Bertz CT molecular complexity index is 197. The van der Waals surface area contributed by atoms with E-state index in [-0.39, 0.29) is 0 Å². The molecule has 0 spiro atoms. The van der Waals surface area contributed by atoms with Crippen LogP contribution in [0.15, 0.2) is 17.5 Å². The minimum absolute atomic E-state index is 0.833. The molecule has 54 valence electrons. The molecule has 1 aromatic rings. The highest BCUT2D eigenvalue weighted by Crippen LogP contribution is 2.43. The second-order valence-electron chi connectivity index (χ2n) is 3.14. The maximum absolute atomic E-state index is 2.35. The minimum Gasteiger partial charge on any atom is -0.149 e. The highest BCUT2D eigenvalue weighted by molar-refractivity contribution is 7.10. The van der Waals surface area contributed by atoms with E-state index in [9.17, 15) is 0 Å². The maximum atomic E-state index is 2.35. The number of thiophene rings is 1. The summed E-state index contributed by atoms with van der Waals surface area (Å²) in [5.41, 5.74) is 0. The van der Waals surface area contributed by atoms with Crippen molar-refractivity contribution in [2.75, 3.05) is 0 Å². The highest BCUT2D eigenvalue weighted by atomic mass is 32.1. The monoisotopic (exact) mass is 152 g/mol. The van der Waals surface area contributed by atoms with Crippen molar-refractivity contribution >= 4 is 11.3 Å². The van der Waals surface area contributed by atoms with Crippen LogP contribution in [0.2, 0.25) is 0 Å². The van der Waals surface area contributed by atoms with Crippen molar-refractivity contribution < 1.29 is 0 Å². The first-order chi connectivity index (χ1) is 4.88. The molecule has 10 heavy (non-hydrogen) atoms. The van der Waals surface area contributed by atoms with Crippen LogP contribution in [-0.4, -0.2) is 0 Å². The van der Waals surface area contributed by atoms with Crippen LogP contribution < -0.4 is 0 Å². The van der Waals surface area contributed by atoms with Crippen molar-refractivity contribution in [3.05, 3.63) is 22.4 Å². The smallest absolute Gasteiger partial charge is 0.00761 e. The van der Waals surface area contributed by atoms with Crippen LogP contribution in [0.3, 0.4) is 0 Å². The van der Waals surface area contributed by atoms with Gasteiger partial charge in [-0.15, -0.1) is 11.3 Å². The summed E-state index contributed by atoms with van der Waals surface area (Å²) in [6, 6.07) is 4.41. The van der Waals surface area contributed by atoms with E-state index < -0.39 is 0 Å². The van der Waals surface area contributed by atoms with Crippen LogP contribution in [0, 0.1) is 5.92 Å². The zero-order valence-corrected chi connectivity index (χ0v) is 7.03. The van der Waals surface area contributed by atoms with Gasteiger partial charge in [0.2, 0.25) is 0 Å². The molecule has 1 heterocycles. The minimum atomic E-state index is 0.833. The van der Waals surface area contributed by atoms with Crippen molar-refractivity contribution in [2.45, 2.75) is 25.7 Å². The predicted molar refractivity (Wildman–Crippen MR) is 45.5 cm³/mol. The molecule has 1 saturated carbocycles. The summed E-state index contributed by atoms with van der Waals surface area (Å²) in [7, 11) is 0. The average Bonchev–Trinajstić information content (AvgIpc) is 2.65. The van der Waals surface area contributed by atoms with Gasteiger partial charge in [0, 0.05) is 4.88 Å². The van der Waals surface area contributed by atoms with Gasteiger partial charge < -0.3 is 0 Å². The fourth-order valence-corrected chi connectivity index (χ4v) is 2.26. The molecular weight excluding hydrogens is 140 g/mol. The van der Waals surface area contributed by atoms with Gasteiger partial charge in [0.15, 0.2) is 0 Å². The lowest BCUT2D eigenvalue weighted by molar-refractivity contribution is 0.676. The molecule has 0 N–H and O–H groups in total. The molecule has 2 rings (SSSR count). The molecule has 1 aromatic heterocycles. The summed E-state index contributed by atoms with van der Waals surface area (Å²) in [5.74, 6) is 1.85. The summed E-state index contributed by atoms with van der Waals surface area (Å²) in [6.45, 7) is 2.35. The van der Waals surface area contributed by atoms with Crippen LogP contribution in [0.5, 0.6) is 0 Å². The van der Waals surface area contributed by atoms with E-state index in [0.29, 0.717) is 0 Å². The van der Waals surface area contributed by atoms with Gasteiger partial charge in [0.25, 0.3) is 0 Å². The zero-order chi connectivity index (χ0) is 6.97. The van der Waals surface area contributed by atoms with Crippen LogP contribution in [-0.2, 0) is 0 Å². The summed E-state index contributed by atoms with van der Waals surface area (Å²) < 4.78 is 0. The average molecular weight is 152 g/mol. The van der Waals surface area contributed by atoms with Gasteiger partial charge in [0.05, 0.1) is 0 Å². The SMILES string of the molecule is CC(c1cccs1)C1CC1. The molecule has 0 amide bonds. The van der Waals surface area contributed by atoms with Gasteiger partial charge in [-0.3, -0.25) is 0 Å². The van der Waals surface area contributed by atoms with Gasteiger partial charge in [-0.25, -0.2) is 0 Å². The van der Waals surface area contributed by atoms with E-state index >= 15 is 0 Å². The summed E-state index contributed by atoms with van der Waals surface area (Å²) >= 11 is 1.90. The normalized spacial score (nSPS) is 20.9. The van der Waals surface area contributed by atoms with Crippen LogP contribution in [0.25, 0.3) is 0 Å². The molecule has 0 saturated heterocycles. The van der Waals surface area contributed by atoms with Crippen molar-refractivity contribution in [1.82, 2.24) is 0 Å². The van der Waals surface area contributed by atoms with E-state index in [4.69, 9.17) is 0 Å². The van der Waals surface area contributed by atoms with Crippen molar-refractivity contribution in [2.24, 2.45) is 5.92 Å². The lowest BCUT2D eigenvalue weighted by Gasteiger charge is -2.04. The summed E-state index contributed by atoms with van der Waals surface area (Å²) in [4.78, 5) is 1.57. The Morgan fingerprint density at radius 2 is 2.40 bits per heavy atom. The standard InChI is InChI=1S/C9H12S/c1-7(8-4-5-8)9-3-2-6-10-9/h2-3,6-8H,4-5H2,1H3. The lowest BCUT2D eigenvalue weighted by Crippen LogP contribution is -1.90. The molecule has 1 aliphatic rings. The molecular formula is C9H12S. The van der Waals surface area contributed by atoms with E-state index in [1.165, 1.54) is 12.8 Å². The maximum Gasteiger partial charge on any atom is 0.00761 e.